The summed E-state index contributed by atoms with van der Waals surface area (Å²) < 4.78 is 10.9. The summed E-state index contributed by atoms with van der Waals surface area (Å²) in [5, 5.41) is 4.01. The predicted octanol–water partition coefficient (Wildman–Crippen LogP) is 3.97. The summed E-state index contributed by atoms with van der Waals surface area (Å²) >= 11 is 0. The van der Waals surface area contributed by atoms with Gasteiger partial charge >= 0.3 is 5.63 Å². The fourth-order valence-electron chi connectivity index (χ4n) is 2.32. The van der Waals surface area contributed by atoms with E-state index in [1.54, 1.807) is 18.2 Å². The molecule has 1 heterocycles. The summed E-state index contributed by atoms with van der Waals surface area (Å²) in [6.07, 6.45) is 1.70. The van der Waals surface area contributed by atoms with Crippen LogP contribution in [0.3, 0.4) is 0 Å². The molecular formula is C19H17NO3. The van der Waals surface area contributed by atoms with Crippen LogP contribution >= 0.6 is 0 Å². The number of nitrogens with one attached hydrogen (secondary N) is 1. The molecule has 0 aliphatic rings. The molecule has 0 spiro atoms. The first-order valence-electron chi connectivity index (χ1n) is 7.36. The van der Waals surface area contributed by atoms with Crippen LogP contribution in [0.5, 0.6) is 5.75 Å². The lowest BCUT2D eigenvalue weighted by Gasteiger charge is -2.11. The molecule has 2 aromatic carbocycles. The Bertz CT molecular complexity index is 883. The van der Waals surface area contributed by atoms with Crippen LogP contribution in [0.1, 0.15) is 5.56 Å². The minimum atomic E-state index is -0.381. The van der Waals surface area contributed by atoms with Gasteiger partial charge in [-0.15, -0.1) is 0 Å². The van der Waals surface area contributed by atoms with E-state index in [-0.39, 0.29) is 5.63 Å². The molecule has 0 unspecified atom stereocenters. The van der Waals surface area contributed by atoms with E-state index in [1.165, 1.54) is 0 Å². The van der Waals surface area contributed by atoms with Gasteiger partial charge in [0.05, 0.1) is 0 Å². The van der Waals surface area contributed by atoms with Gasteiger partial charge in [0.15, 0.2) is 0 Å². The van der Waals surface area contributed by atoms with Crippen molar-refractivity contribution in [2.75, 3.05) is 11.9 Å². The first-order chi connectivity index (χ1) is 11.3. The number of rotatable bonds is 6. The maximum Gasteiger partial charge on any atom is 0.359 e. The molecule has 0 radical (unpaired) electrons. The van der Waals surface area contributed by atoms with E-state index in [0.29, 0.717) is 24.4 Å². The lowest BCUT2D eigenvalue weighted by Crippen LogP contribution is -2.11. The van der Waals surface area contributed by atoms with Crippen LogP contribution < -0.4 is 15.7 Å². The first kappa shape index (κ1) is 14.9. The number of ether oxygens (including phenoxy) is 1. The third-order valence-electron chi connectivity index (χ3n) is 3.44. The SMILES string of the molecule is C=CCOc1ccccc1CNc1cc2ccccc2oc1=O. The Balaban J connectivity index is 1.82. The van der Waals surface area contributed by atoms with Crippen molar-refractivity contribution in [2.24, 2.45) is 0 Å². The molecule has 3 aromatic rings. The zero-order valence-corrected chi connectivity index (χ0v) is 12.6. The third kappa shape index (κ3) is 3.43. The topological polar surface area (TPSA) is 51.5 Å². The Morgan fingerprint density at radius 2 is 1.91 bits per heavy atom. The molecule has 0 saturated carbocycles. The largest absolute Gasteiger partial charge is 0.489 e. The van der Waals surface area contributed by atoms with Gasteiger partial charge in [-0.2, -0.15) is 0 Å². The van der Waals surface area contributed by atoms with Crippen LogP contribution in [0.2, 0.25) is 0 Å². The summed E-state index contributed by atoms with van der Waals surface area (Å²) in [4.78, 5) is 12.0. The average Bonchev–Trinajstić information content (AvgIpc) is 2.59. The van der Waals surface area contributed by atoms with Gasteiger partial charge in [0, 0.05) is 17.5 Å². The summed E-state index contributed by atoms with van der Waals surface area (Å²) in [6.45, 7) is 4.55. The Labute approximate surface area is 134 Å². The zero-order chi connectivity index (χ0) is 16.1. The number of hydrogen-bond acceptors (Lipinski definition) is 4. The lowest BCUT2D eigenvalue weighted by atomic mass is 10.2. The van der Waals surface area contributed by atoms with Crippen LogP contribution in [-0.4, -0.2) is 6.61 Å². The van der Waals surface area contributed by atoms with E-state index >= 15 is 0 Å². The van der Waals surface area contributed by atoms with E-state index in [1.807, 2.05) is 42.5 Å². The number of anilines is 1. The van der Waals surface area contributed by atoms with Crippen molar-refractivity contribution in [1.29, 1.82) is 0 Å². The van der Waals surface area contributed by atoms with E-state index in [4.69, 9.17) is 9.15 Å². The Hall–Kier alpha value is -3.01. The summed E-state index contributed by atoms with van der Waals surface area (Å²) in [5.41, 5.74) is 1.59. The fraction of sp³-hybridized carbons (Fsp3) is 0.105. The lowest BCUT2D eigenvalue weighted by molar-refractivity contribution is 0.359. The van der Waals surface area contributed by atoms with Crippen molar-refractivity contribution in [1.82, 2.24) is 0 Å². The molecule has 23 heavy (non-hydrogen) atoms. The normalized spacial score (nSPS) is 10.4. The van der Waals surface area contributed by atoms with Gasteiger partial charge in [-0.05, 0) is 18.2 Å². The van der Waals surface area contributed by atoms with Crippen LogP contribution in [-0.2, 0) is 6.54 Å². The van der Waals surface area contributed by atoms with Crippen molar-refractivity contribution in [2.45, 2.75) is 6.54 Å². The highest BCUT2D eigenvalue weighted by molar-refractivity contribution is 5.79. The molecule has 0 fully saturated rings. The molecule has 0 aliphatic heterocycles. The van der Waals surface area contributed by atoms with E-state index in [2.05, 4.69) is 11.9 Å². The van der Waals surface area contributed by atoms with Crippen LogP contribution in [0.15, 0.2) is 76.5 Å². The van der Waals surface area contributed by atoms with Gasteiger partial charge in [-0.3, -0.25) is 0 Å². The third-order valence-corrected chi connectivity index (χ3v) is 3.44. The molecule has 0 saturated heterocycles. The highest BCUT2D eigenvalue weighted by atomic mass is 16.5. The Morgan fingerprint density at radius 1 is 1.13 bits per heavy atom. The zero-order valence-electron chi connectivity index (χ0n) is 12.6. The molecule has 4 heteroatoms. The van der Waals surface area contributed by atoms with Crippen LogP contribution in [0.4, 0.5) is 5.69 Å². The monoisotopic (exact) mass is 307 g/mol. The maximum absolute atomic E-state index is 12.0. The molecule has 4 nitrogen and oxygen atoms in total. The number of para-hydroxylation sites is 2. The fourth-order valence-corrected chi connectivity index (χ4v) is 2.32. The molecule has 0 atom stereocenters. The van der Waals surface area contributed by atoms with Crippen molar-refractivity contribution in [3.8, 4) is 5.75 Å². The average molecular weight is 307 g/mol. The second-order valence-corrected chi connectivity index (χ2v) is 5.05. The van der Waals surface area contributed by atoms with Gasteiger partial charge < -0.3 is 14.5 Å². The van der Waals surface area contributed by atoms with Crippen molar-refractivity contribution >= 4 is 16.7 Å². The van der Waals surface area contributed by atoms with Gasteiger partial charge in [0.25, 0.3) is 0 Å². The van der Waals surface area contributed by atoms with Crippen molar-refractivity contribution in [3.63, 3.8) is 0 Å². The highest BCUT2D eigenvalue weighted by Gasteiger charge is 2.07. The second kappa shape index (κ2) is 6.83. The molecule has 0 aliphatic carbocycles. The minimum absolute atomic E-state index is 0.381. The molecular weight excluding hydrogens is 290 g/mol. The van der Waals surface area contributed by atoms with E-state index in [9.17, 15) is 4.79 Å². The number of hydrogen-bond donors (Lipinski definition) is 1. The molecule has 0 bridgehead atoms. The molecule has 1 aromatic heterocycles. The summed E-state index contributed by atoms with van der Waals surface area (Å²) in [7, 11) is 0. The number of fused-ring (bicyclic) bond motifs is 1. The van der Waals surface area contributed by atoms with Crippen molar-refractivity contribution < 1.29 is 9.15 Å². The van der Waals surface area contributed by atoms with E-state index in [0.717, 1.165) is 16.7 Å². The predicted molar refractivity (Wildman–Crippen MR) is 91.9 cm³/mol. The Kier molecular flexibility index (Phi) is 4.43. The van der Waals surface area contributed by atoms with Crippen LogP contribution in [0, 0.1) is 0 Å². The smallest absolute Gasteiger partial charge is 0.359 e. The molecule has 3 rings (SSSR count). The van der Waals surface area contributed by atoms with Crippen molar-refractivity contribution in [3.05, 3.63) is 83.2 Å². The number of benzene rings is 2. The highest BCUT2D eigenvalue weighted by Crippen LogP contribution is 2.20. The maximum atomic E-state index is 12.0. The first-order valence-corrected chi connectivity index (χ1v) is 7.36. The molecule has 0 amide bonds. The van der Waals surface area contributed by atoms with Crippen LogP contribution in [0.25, 0.3) is 11.0 Å². The summed E-state index contributed by atoms with van der Waals surface area (Å²) in [5.74, 6) is 0.769. The van der Waals surface area contributed by atoms with Gasteiger partial charge in [0.1, 0.15) is 23.6 Å². The second-order valence-electron chi connectivity index (χ2n) is 5.05. The van der Waals surface area contributed by atoms with Gasteiger partial charge in [-0.25, -0.2) is 4.79 Å². The Morgan fingerprint density at radius 3 is 2.78 bits per heavy atom. The van der Waals surface area contributed by atoms with Gasteiger partial charge in [-0.1, -0.05) is 49.1 Å². The summed E-state index contributed by atoms with van der Waals surface area (Å²) in [6, 6.07) is 16.9. The quantitative estimate of drug-likeness (QED) is 0.553. The standard InChI is InChI=1S/C19H17NO3/c1-2-11-22-17-9-5-4-8-15(17)13-20-16-12-14-7-3-6-10-18(14)23-19(16)21/h2-10,12,20H,1,11,13H2. The molecule has 1 N–H and O–H groups in total. The van der Waals surface area contributed by atoms with E-state index < -0.39 is 0 Å². The minimum Gasteiger partial charge on any atom is -0.489 e. The molecule has 116 valence electrons. The van der Waals surface area contributed by atoms with Gasteiger partial charge in [0.2, 0.25) is 0 Å².